The minimum atomic E-state index is -0.726. The molecule has 0 amide bonds. The summed E-state index contributed by atoms with van der Waals surface area (Å²) < 4.78 is 10.5. The number of hydrazone groups is 1. The molecule has 2 aromatic carbocycles. The van der Waals surface area contributed by atoms with Gasteiger partial charge >= 0.3 is 5.97 Å². The summed E-state index contributed by atoms with van der Waals surface area (Å²) in [5.74, 6) is -0.0405. The summed E-state index contributed by atoms with van der Waals surface area (Å²) in [4.78, 5) is 12.3. The molecule has 0 saturated carbocycles. The summed E-state index contributed by atoms with van der Waals surface area (Å²) in [6, 6.07) is 16.3. The fourth-order valence-corrected chi connectivity index (χ4v) is 2.25. The van der Waals surface area contributed by atoms with Crippen molar-refractivity contribution in [3.05, 3.63) is 66.9 Å². The highest BCUT2D eigenvalue weighted by Gasteiger charge is 2.26. The van der Waals surface area contributed by atoms with Crippen LogP contribution in [0.1, 0.15) is 0 Å². The smallest absolute Gasteiger partial charge is 0.326 e. The summed E-state index contributed by atoms with van der Waals surface area (Å²) >= 11 is 0. The molecular formula is C18H17N3O3. The second kappa shape index (κ2) is 6.87. The molecule has 0 radical (unpaired) electrons. The first-order valence-electron chi connectivity index (χ1n) is 7.39. The number of esters is 1. The van der Waals surface area contributed by atoms with Crippen molar-refractivity contribution in [2.45, 2.75) is 0 Å². The van der Waals surface area contributed by atoms with E-state index in [1.807, 2.05) is 30.3 Å². The first-order valence-corrected chi connectivity index (χ1v) is 7.39. The van der Waals surface area contributed by atoms with Crippen molar-refractivity contribution in [1.29, 1.82) is 0 Å². The molecule has 0 aliphatic carbocycles. The maximum Gasteiger partial charge on any atom is 0.326 e. The van der Waals surface area contributed by atoms with Crippen molar-refractivity contribution >= 4 is 17.5 Å². The molecule has 6 nitrogen and oxygen atoms in total. The van der Waals surface area contributed by atoms with Gasteiger partial charge in [-0.15, -0.1) is 0 Å². The van der Waals surface area contributed by atoms with E-state index in [0.717, 1.165) is 5.69 Å². The molecule has 122 valence electrons. The zero-order chi connectivity index (χ0) is 16.9. The van der Waals surface area contributed by atoms with Crippen LogP contribution in [0.3, 0.4) is 0 Å². The topological polar surface area (TPSA) is 77.2 Å². The van der Waals surface area contributed by atoms with Crippen LogP contribution in [-0.4, -0.2) is 18.9 Å². The predicted molar refractivity (Wildman–Crippen MR) is 91.8 cm³/mol. The molecule has 0 spiro atoms. The average Bonchev–Trinajstić information content (AvgIpc) is 2.62. The highest BCUT2D eigenvalue weighted by molar-refractivity contribution is 6.03. The number of anilines is 1. The molecule has 1 aliphatic rings. The highest BCUT2D eigenvalue weighted by Crippen LogP contribution is 2.22. The number of hydrogen-bond donors (Lipinski definition) is 1. The molecule has 0 aromatic heterocycles. The minimum Gasteiger partial charge on any atom is -0.497 e. The van der Waals surface area contributed by atoms with Crippen LogP contribution in [0, 0.1) is 5.92 Å². The van der Waals surface area contributed by atoms with E-state index >= 15 is 0 Å². The summed E-state index contributed by atoms with van der Waals surface area (Å²) in [5, 5.41) is 5.86. The number of nitrogens with zero attached hydrogens (tertiary/aromatic N) is 2. The number of para-hydroxylation sites is 1. The van der Waals surface area contributed by atoms with Crippen LogP contribution in [0.5, 0.6) is 11.5 Å². The van der Waals surface area contributed by atoms with Gasteiger partial charge in [-0.05, 0) is 30.3 Å². The van der Waals surface area contributed by atoms with Crippen molar-refractivity contribution in [3.63, 3.8) is 0 Å². The Hall–Kier alpha value is -3.28. The van der Waals surface area contributed by atoms with Crippen molar-refractivity contribution in [3.8, 4) is 11.5 Å². The molecular weight excluding hydrogens is 306 g/mol. The molecule has 2 N–H and O–H groups in total. The fraction of sp³-hybridized carbons (Fsp3) is 0.111. The van der Waals surface area contributed by atoms with E-state index in [-0.39, 0.29) is 5.84 Å². The molecule has 6 heteroatoms. The molecule has 1 heterocycles. The van der Waals surface area contributed by atoms with Gasteiger partial charge in [0.1, 0.15) is 23.3 Å². The molecule has 0 bridgehead atoms. The zero-order valence-corrected chi connectivity index (χ0v) is 13.1. The number of hydrogen-bond acceptors (Lipinski definition) is 6. The molecule has 0 fully saturated rings. The van der Waals surface area contributed by atoms with Crippen LogP contribution >= 0.6 is 0 Å². The van der Waals surface area contributed by atoms with E-state index in [2.05, 4.69) is 5.10 Å². The second-order valence-corrected chi connectivity index (χ2v) is 5.12. The quantitative estimate of drug-likeness (QED) is 0.691. The van der Waals surface area contributed by atoms with Crippen LogP contribution in [-0.2, 0) is 4.79 Å². The van der Waals surface area contributed by atoms with Crippen molar-refractivity contribution < 1.29 is 14.3 Å². The highest BCUT2D eigenvalue weighted by atomic mass is 16.5. The van der Waals surface area contributed by atoms with Gasteiger partial charge in [0.25, 0.3) is 0 Å². The third kappa shape index (κ3) is 3.38. The van der Waals surface area contributed by atoms with E-state index in [0.29, 0.717) is 11.5 Å². The lowest BCUT2D eigenvalue weighted by Gasteiger charge is -2.22. The third-order valence-electron chi connectivity index (χ3n) is 3.50. The Bertz CT molecular complexity index is 787. The van der Waals surface area contributed by atoms with Gasteiger partial charge in [-0.2, -0.15) is 5.10 Å². The first-order chi connectivity index (χ1) is 11.7. The lowest BCUT2D eigenvalue weighted by atomic mass is 10.1. The third-order valence-corrected chi connectivity index (χ3v) is 3.50. The van der Waals surface area contributed by atoms with Crippen molar-refractivity contribution in [1.82, 2.24) is 0 Å². The molecule has 1 unspecified atom stereocenters. The van der Waals surface area contributed by atoms with E-state index in [4.69, 9.17) is 15.2 Å². The fourth-order valence-electron chi connectivity index (χ4n) is 2.25. The van der Waals surface area contributed by atoms with E-state index in [1.165, 1.54) is 0 Å². The van der Waals surface area contributed by atoms with E-state index in [9.17, 15) is 4.79 Å². The number of amidine groups is 1. The molecule has 1 aliphatic heterocycles. The average molecular weight is 323 g/mol. The summed E-state index contributed by atoms with van der Waals surface area (Å²) in [5.41, 5.74) is 6.81. The largest absolute Gasteiger partial charge is 0.497 e. The van der Waals surface area contributed by atoms with E-state index in [1.54, 1.807) is 48.7 Å². The van der Waals surface area contributed by atoms with Gasteiger partial charge in [0.2, 0.25) is 0 Å². The predicted octanol–water partition coefficient (Wildman–Crippen LogP) is 2.52. The van der Waals surface area contributed by atoms with Gasteiger partial charge in [-0.3, -0.25) is 4.79 Å². The molecule has 0 saturated heterocycles. The number of rotatable bonds is 4. The van der Waals surface area contributed by atoms with Gasteiger partial charge in [-0.1, -0.05) is 24.3 Å². The van der Waals surface area contributed by atoms with Crippen LogP contribution in [0.4, 0.5) is 5.69 Å². The Balaban J connectivity index is 1.72. The Kier molecular flexibility index (Phi) is 4.47. The number of ether oxygens (including phenoxy) is 2. The maximum absolute atomic E-state index is 12.3. The van der Waals surface area contributed by atoms with Crippen LogP contribution in [0.2, 0.25) is 0 Å². The lowest BCUT2D eigenvalue weighted by Crippen LogP contribution is -2.36. The molecule has 24 heavy (non-hydrogen) atoms. The summed E-state index contributed by atoms with van der Waals surface area (Å²) in [6.07, 6.45) is 3.36. The SMILES string of the molecule is COc1cccc(OC(=O)C2C=CN(c3ccccc3)N=C2N)c1. The second-order valence-electron chi connectivity index (χ2n) is 5.12. The number of benzene rings is 2. The number of carbonyl (C=O) groups is 1. The Morgan fingerprint density at radius 1 is 1.12 bits per heavy atom. The Labute approximate surface area is 139 Å². The van der Waals surface area contributed by atoms with Crippen LogP contribution in [0.25, 0.3) is 0 Å². The standard InChI is InChI=1S/C18H17N3O3/c1-23-14-8-5-9-15(12-14)24-18(22)16-10-11-21(20-17(16)19)13-6-3-2-4-7-13/h2-12,16H,1H3,(H2,19,20). The molecule has 1 atom stereocenters. The molecule has 2 aromatic rings. The molecule has 3 rings (SSSR count). The Morgan fingerprint density at radius 2 is 1.88 bits per heavy atom. The Morgan fingerprint density at radius 3 is 2.58 bits per heavy atom. The van der Waals surface area contributed by atoms with Crippen molar-refractivity contribution in [2.75, 3.05) is 12.1 Å². The first kappa shape index (κ1) is 15.6. The minimum absolute atomic E-state index is 0.175. The van der Waals surface area contributed by atoms with Gasteiger partial charge in [0.15, 0.2) is 0 Å². The lowest BCUT2D eigenvalue weighted by molar-refractivity contribution is -0.135. The van der Waals surface area contributed by atoms with Gasteiger partial charge in [-0.25, -0.2) is 5.01 Å². The monoisotopic (exact) mass is 323 g/mol. The van der Waals surface area contributed by atoms with Crippen LogP contribution in [0.15, 0.2) is 72.0 Å². The normalized spacial score (nSPS) is 16.5. The maximum atomic E-state index is 12.3. The van der Waals surface area contributed by atoms with Gasteiger partial charge in [0.05, 0.1) is 12.8 Å². The van der Waals surface area contributed by atoms with Crippen LogP contribution < -0.4 is 20.2 Å². The summed E-state index contributed by atoms with van der Waals surface area (Å²) in [6.45, 7) is 0. The van der Waals surface area contributed by atoms with Crippen molar-refractivity contribution in [2.24, 2.45) is 16.8 Å². The number of methoxy groups -OCH3 is 1. The summed E-state index contributed by atoms with van der Waals surface area (Å²) in [7, 11) is 1.55. The number of carbonyl (C=O) groups excluding carboxylic acids is 1. The van der Waals surface area contributed by atoms with Gasteiger partial charge in [0, 0.05) is 12.3 Å². The van der Waals surface area contributed by atoms with Gasteiger partial charge < -0.3 is 15.2 Å². The van der Waals surface area contributed by atoms with E-state index < -0.39 is 11.9 Å². The number of nitrogens with two attached hydrogens (primary N) is 1. The zero-order valence-electron chi connectivity index (χ0n) is 13.1.